The Balaban J connectivity index is 0.00000288. The number of methoxy groups -OCH3 is 1. The van der Waals surface area contributed by atoms with E-state index < -0.39 is 0 Å². The highest BCUT2D eigenvalue weighted by atomic mass is 127. The molecule has 0 bridgehead atoms. The fourth-order valence-electron chi connectivity index (χ4n) is 3.04. The number of halogens is 1. The number of likely N-dealkylation sites (N-methyl/N-ethyl adjacent to an activating group) is 1. The largest absolute Gasteiger partial charge is 0.383 e. The number of rotatable bonds is 7. The van der Waals surface area contributed by atoms with Crippen LogP contribution in [-0.4, -0.2) is 102 Å². The summed E-state index contributed by atoms with van der Waals surface area (Å²) in [5, 5.41) is 3.45. The average Bonchev–Trinajstić information content (AvgIpc) is 3.11. The van der Waals surface area contributed by atoms with Gasteiger partial charge in [-0.3, -0.25) is 4.99 Å². The maximum absolute atomic E-state index is 5.90. The number of nitrogens with one attached hydrogen (secondary N) is 1. The van der Waals surface area contributed by atoms with E-state index in [-0.39, 0.29) is 36.2 Å². The molecule has 0 aromatic heterocycles. The fourth-order valence-corrected chi connectivity index (χ4v) is 3.04. The minimum Gasteiger partial charge on any atom is -0.383 e. The van der Waals surface area contributed by atoms with Gasteiger partial charge in [-0.2, -0.15) is 0 Å². The Hall–Kier alpha value is -0.160. The lowest BCUT2D eigenvalue weighted by Gasteiger charge is -2.37. The first kappa shape index (κ1) is 21.9. The van der Waals surface area contributed by atoms with E-state index in [2.05, 4.69) is 27.2 Å². The second-order valence-electron chi connectivity index (χ2n) is 6.18. The standard InChI is InChI=1S/C16H32N4O3.HI/c1-17-16(18-6-7-19(2)8-11-21-3)20-9-12-23-15(13-20)14-5-4-10-22-14;/h14-15H,4-13H2,1-3H3,(H,17,18);1H. The molecule has 2 rings (SSSR count). The van der Waals surface area contributed by atoms with Gasteiger partial charge in [0.25, 0.3) is 0 Å². The number of hydrogen-bond acceptors (Lipinski definition) is 5. The van der Waals surface area contributed by atoms with Crippen molar-refractivity contribution in [2.75, 3.05) is 73.7 Å². The van der Waals surface area contributed by atoms with Gasteiger partial charge < -0.3 is 29.3 Å². The summed E-state index contributed by atoms with van der Waals surface area (Å²) in [6.07, 6.45) is 2.66. The summed E-state index contributed by atoms with van der Waals surface area (Å²) in [5.41, 5.74) is 0. The van der Waals surface area contributed by atoms with Crippen molar-refractivity contribution < 1.29 is 14.2 Å². The van der Waals surface area contributed by atoms with Crippen molar-refractivity contribution >= 4 is 29.9 Å². The molecule has 8 heteroatoms. The first-order valence-electron chi connectivity index (χ1n) is 8.61. The molecule has 24 heavy (non-hydrogen) atoms. The van der Waals surface area contributed by atoms with Gasteiger partial charge in [0.15, 0.2) is 5.96 Å². The topological polar surface area (TPSA) is 58.6 Å². The molecule has 2 saturated heterocycles. The molecule has 2 atom stereocenters. The zero-order valence-electron chi connectivity index (χ0n) is 15.2. The van der Waals surface area contributed by atoms with E-state index in [1.54, 1.807) is 7.11 Å². The zero-order valence-corrected chi connectivity index (χ0v) is 17.5. The van der Waals surface area contributed by atoms with E-state index in [1.165, 1.54) is 0 Å². The van der Waals surface area contributed by atoms with Crippen molar-refractivity contribution in [1.29, 1.82) is 0 Å². The first-order chi connectivity index (χ1) is 11.2. The SMILES string of the molecule is CN=C(NCCN(C)CCOC)N1CCOC(C2CCCO2)C1.I. The van der Waals surface area contributed by atoms with E-state index in [0.717, 1.165) is 71.3 Å². The van der Waals surface area contributed by atoms with Gasteiger partial charge in [0.2, 0.25) is 0 Å². The van der Waals surface area contributed by atoms with Crippen LogP contribution in [0, 0.1) is 0 Å². The number of aliphatic imine (C=N–C) groups is 1. The molecule has 0 aliphatic carbocycles. The van der Waals surface area contributed by atoms with Crippen molar-refractivity contribution in [1.82, 2.24) is 15.1 Å². The summed E-state index contributed by atoms with van der Waals surface area (Å²) >= 11 is 0. The zero-order chi connectivity index (χ0) is 16.5. The van der Waals surface area contributed by atoms with Crippen LogP contribution in [-0.2, 0) is 14.2 Å². The normalized spacial score (nSPS) is 25.0. The predicted molar refractivity (Wildman–Crippen MR) is 106 cm³/mol. The summed E-state index contributed by atoms with van der Waals surface area (Å²) < 4.78 is 16.8. The lowest BCUT2D eigenvalue weighted by molar-refractivity contribution is -0.0817. The third-order valence-electron chi connectivity index (χ3n) is 4.44. The van der Waals surface area contributed by atoms with Crippen LogP contribution >= 0.6 is 24.0 Å². The first-order valence-corrected chi connectivity index (χ1v) is 8.61. The highest BCUT2D eigenvalue weighted by Gasteiger charge is 2.32. The van der Waals surface area contributed by atoms with Crippen molar-refractivity contribution in [2.24, 2.45) is 4.99 Å². The predicted octanol–water partition coefficient (Wildman–Crippen LogP) is 0.638. The van der Waals surface area contributed by atoms with Crippen LogP contribution in [0.1, 0.15) is 12.8 Å². The molecule has 142 valence electrons. The van der Waals surface area contributed by atoms with E-state index in [0.29, 0.717) is 0 Å². The summed E-state index contributed by atoms with van der Waals surface area (Å²) in [6.45, 7) is 6.86. The molecule has 0 saturated carbocycles. The number of nitrogens with zero attached hydrogens (tertiary/aromatic N) is 3. The van der Waals surface area contributed by atoms with Gasteiger partial charge in [-0.15, -0.1) is 24.0 Å². The molecule has 7 nitrogen and oxygen atoms in total. The lowest BCUT2D eigenvalue weighted by Crippen LogP contribution is -2.54. The van der Waals surface area contributed by atoms with Gasteiger partial charge in [0.1, 0.15) is 6.10 Å². The van der Waals surface area contributed by atoms with Crippen molar-refractivity contribution in [2.45, 2.75) is 25.0 Å². The van der Waals surface area contributed by atoms with E-state index in [9.17, 15) is 0 Å². The van der Waals surface area contributed by atoms with Crippen LogP contribution in [0.2, 0.25) is 0 Å². The van der Waals surface area contributed by atoms with Crippen LogP contribution in [0.25, 0.3) is 0 Å². The Labute approximate surface area is 163 Å². The molecule has 0 spiro atoms. The average molecular weight is 456 g/mol. The van der Waals surface area contributed by atoms with Crippen molar-refractivity contribution in [3.05, 3.63) is 0 Å². The number of morpholine rings is 1. The third-order valence-corrected chi connectivity index (χ3v) is 4.44. The quantitative estimate of drug-likeness (QED) is 0.345. The minimum absolute atomic E-state index is 0. The number of hydrogen-bond donors (Lipinski definition) is 1. The molecule has 0 aromatic rings. The molecule has 2 aliphatic heterocycles. The van der Waals surface area contributed by atoms with Crippen LogP contribution < -0.4 is 5.32 Å². The van der Waals surface area contributed by atoms with E-state index >= 15 is 0 Å². The molecule has 0 amide bonds. The number of ether oxygens (including phenoxy) is 3. The molecule has 2 unspecified atom stereocenters. The highest BCUT2D eigenvalue weighted by molar-refractivity contribution is 14.0. The van der Waals surface area contributed by atoms with Crippen LogP contribution in [0.15, 0.2) is 4.99 Å². The van der Waals surface area contributed by atoms with Gasteiger partial charge in [-0.1, -0.05) is 0 Å². The fraction of sp³-hybridized carbons (Fsp3) is 0.938. The summed E-state index contributed by atoms with van der Waals surface area (Å²) in [5.74, 6) is 0.955. The van der Waals surface area contributed by atoms with Crippen LogP contribution in [0.5, 0.6) is 0 Å². The summed E-state index contributed by atoms with van der Waals surface area (Å²) in [6, 6.07) is 0. The Kier molecular flexibility index (Phi) is 11.2. The van der Waals surface area contributed by atoms with Crippen LogP contribution in [0.3, 0.4) is 0 Å². The maximum Gasteiger partial charge on any atom is 0.193 e. The lowest BCUT2D eigenvalue weighted by atomic mass is 10.1. The summed E-state index contributed by atoms with van der Waals surface area (Å²) in [7, 11) is 5.68. The third kappa shape index (κ3) is 6.99. The van der Waals surface area contributed by atoms with Gasteiger partial charge in [-0.05, 0) is 19.9 Å². The molecule has 2 heterocycles. The Morgan fingerprint density at radius 1 is 1.29 bits per heavy atom. The molecule has 2 fully saturated rings. The van der Waals surface area contributed by atoms with E-state index in [4.69, 9.17) is 14.2 Å². The molecule has 0 radical (unpaired) electrons. The van der Waals surface area contributed by atoms with Crippen molar-refractivity contribution in [3.8, 4) is 0 Å². The Morgan fingerprint density at radius 2 is 2.08 bits per heavy atom. The van der Waals surface area contributed by atoms with E-state index in [1.807, 2.05) is 7.05 Å². The molecule has 2 aliphatic rings. The Morgan fingerprint density at radius 3 is 2.75 bits per heavy atom. The van der Waals surface area contributed by atoms with Crippen molar-refractivity contribution in [3.63, 3.8) is 0 Å². The smallest absolute Gasteiger partial charge is 0.193 e. The molecular formula is C16H33IN4O3. The second kappa shape index (κ2) is 12.2. The minimum atomic E-state index is 0. The maximum atomic E-state index is 5.90. The molecule has 1 N–H and O–H groups in total. The molecular weight excluding hydrogens is 423 g/mol. The summed E-state index contributed by atoms with van der Waals surface area (Å²) in [4.78, 5) is 8.95. The number of guanidine groups is 1. The van der Waals surface area contributed by atoms with Gasteiger partial charge in [-0.25, -0.2) is 0 Å². The Bertz CT molecular complexity index is 367. The molecule has 0 aromatic carbocycles. The monoisotopic (exact) mass is 456 g/mol. The highest BCUT2D eigenvalue weighted by Crippen LogP contribution is 2.20. The van der Waals surface area contributed by atoms with Gasteiger partial charge in [0, 0.05) is 53.5 Å². The van der Waals surface area contributed by atoms with Gasteiger partial charge >= 0.3 is 0 Å². The van der Waals surface area contributed by atoms with Crippen LogP contribution in [0.4, 0.5) is 0 Å². The second-order valence-corrected chi connectivity index (χ2v) is 6.18. The van der Waals surface area contributed by atoms with Gasteiger partial charge in [0.05, 0.1) is 19.3 Å².